The zero-order chi connectivity index (χ0) is 14.5. The minimum Gasteiger partial charge on any atom is -0.550 e. The molecule has 0 saturated carbocycles. The lowest BCUT2D eigenvalue weighted by molar-refractivity contribution is -0.304. The lowest BCUT2D eigenvalue weighted by Crippen LogP contribution is -2.24. The van der Waals surface area contributed by atoms with Gasteiger partial charge in [-0.15, -0.1) is 0 Å². The molecule has 0 radical (unpaired) electrons. The van der Waals surface area contributed by atoms with Gasteiger partial charge >= 0.3 is 0 Å². The van der Waals surface area contributed by atoms with Crippen molar-refractivity contribution in [3.05, 3.63) is 65.2 Å². The Hall–Kier alpha value is -2.62. The van der Waals surface area contributed by atoms with Crippen LogP contribution in [0.1, 0.15) is 21.5 Å². The van der Waals surface area contributed by atoms with Crippen molar-refractivity contribution in [2.75, 3.05) is 5.32 Å². The highest BCUT2D eigenvalue weighted by molar-refractivity contribution is 6.04. The van der Waals surface area contributed by atoms with Crippen molar-refractivity contribution in [3.8, 4) is 0 Å². The number of hydrogen-bond donors (Lipinski definition) is 1. The summed E-state index contributed by atoms with van der Waals surface area (Å²) in [6.07, 6.45) is -0.133. The lowest BCUT2D eigenvalue weighted by Gasteiger charge is -2.07. The van der Waals surface area contributed by atoms with Crippen molar-refractivity contribution < 1.29 is 14.7 Å². The second-order valence-electron chi connectivity index (χ2n) is 4.57. The van der Waals surface area contributed by atoms with Crippen molar-refractivity contribution in [1.82, 2.24) is 0 Å². The second-order valence-corrected chi connectivity index (χ2v) is 4.57. The SMILES string of the molecule is Cc1cccc(C(=O)Nc2ccc(CC(=O)[O-])cc2)c1. The van der Waals surface area contributed by atoms with Crippen LogP contribution in [0.5, 0.6) is 0 Å². The van der Waals surface area contributed by atoms with Crippen LogP contribution in [0.2, 0.25) is 0 Å². The van der Waals surface area contributed by atoms with Crippen LogP contribution in [0.15, 0.2) is 48.5 Å². The van der Waals surface area contributed by atoms with E-state index in [9.17, 15) is 14.7 Å². The van der Waals surface area contributed by atoms with Gasteiger partial charge in [0, 0.05) is 23.6 Å². The fourth-order valence-corrected chi connectivity index (χ4v) is 1.86. The van der Waals surface area contributed by atoms with E-state index in [-0.39, 0.29) is 12.3 Å². The Bertz CT molecular complexity index is 632. The van der Waals surface area contributed by atoms with Crippen LogP contribution in [-0.4, -0.2) is 11.9 Å². The molecule has 0 saturated heterocycles. The average Bonchev–Trinajstić information content (AvgIpc) is 2.40. The predicted octanol–water partition coefficient (Wildman–Crippen LogP) is 1.54. The maximum atomic E-state index is 12.0. The van der Waals surface area contributed by atoms with Crippen LogP contribution in [0.25, 0.3) is 0 Å². The number of nitrogens with one attached hydrogen (secondary N) is 1. The summed E-state index contributed by atoms with van der Waals surface area (Å²) in [5.41, 5.74) is 2.86. The van der Waals surface area contributed by atoms with Crippen molar-refractivity contribution >= 4 is 17.6 Å². The predicted molar refractivity (Wildman–Crippen MR) is 74.3 cm³/mol. The maximum Gasteiger partial charge on any atom is 0.255 e. The summed E-state index contributed by atoms with van der Waals surface area (Å²) in [5, 5.41) is 13.2. The van der Waals surface area contributed by atoms with Crippen molar-refractivity contribution in [2.45, 2.75) is 13.3 Å². The van der Waals surface area contributed by atoms with Gasteiger partial charge < -0.3 is 15.2 Å². The molecule has 20 heavy (non-hydrogen) atoms. The van der Waals surface area contributed by atoms with Gasteiger partial charge in [0.2, 0.25) is 0 Å². The number of rotatable bonds is 4. The average molecular weight is 268 g/mol. The molecule has 0 heterocycles. The summed E-state index contributed by atoms with van der Waals surface area (Å²) in [4.78, 5) is 22.5. The van der Waals surface area contributed by atoms with E-state index in [1.54, 1.807) is 36.4 Å². The largest absolute Gasteiger partial charge is 0.550 e. The molecule has 0 bridgehead atoms. The number of aliphatic carboxylic acids is 1. The molecule has 2 aromatic carbocycles. The molecule has 0 fully saturated rings. The number of carbonyl (C=O) groups excluding carboxylic acids is 2. The fourth-order valence-electron chi connectivity index (χ4n) is 1.86. The Balaban J connectivity index is 2.06. The zero-order valence-corrected chi connectivity index (χ0v) is 11.1. The first-order valence-electron chi connectivity index (χ1n) is 6.21. The molecule has 0 spiro atoms. The molecule has 0 atom stereocenters. The highest BCUT2D eigenvalue weighted by Gasteiger charge is 2.05. The summed E-state index contributed by atoms with van der Waals surface area (Å²) in [5.74, 6) is -1.32. The van der Waals surface area contributed by atoms with Crippen molar-refractivity contribution in [3.63, 3.8) is 0 Å². The summed E-state index contributed by atoms with van der Waals surface area (Å²) in [6, 6.07) is 14.0. The molecule has 1 amide bonds. The van der Waals surface area contributed by atoms with E-state index in [0.717, 1.165) is 5.56 Å². The van der Waals surface area contributed by atoms with E-state index in [0.29, 0.717) is 16.8 Å². The molecule has 0 unspecified atom stereocenters. The van der Waals surface area contributed by atoms with Gasteiger partial charge in [-0.05, 0) is 36.8 Å². The second kappa shape index (κ2) is 6.02. The molecule has 2 aromatic rings. The number of anilines is 1. The summed E-state index contributed by atoms with van der Waals surface area (Å²) in [6.45, 7) is 1.92. The number of aryl methyl sites for hydroxylation is 1. The maximum absolute atomic E-state index is 12.0. The first kappa shape index (κ1) is 13.8. The van der Waals surface area contributed by atoms with Gasteiger partial charge in [0.05, 0.1) is 0 Å². The number of hydrogen-bond acceptors (Lipinski definition) is 3. The van der Waals surface area contributed by atoms with Gasteiger partial charge in [0.1, 0.15) is 0 Å². The Kier molecular flexibility index (Phi) is 4.15. The van der Waals surface area contributed by atoms with Crippen LogP contribution < -0.4 is 10.4 Å². The molecule has 0 aromatic heterocycles. The van der Waals surface area contributed by atoms with Gasteiger partial charge in [-0.3, -0.25) is 4.79 Å². The van der Waals surface area contributed by atoms with Gasteiger partial charge in [-0.25, -0.2) is 0 Å². The van der Waals surface area contributed by atoms with Crippen LogP contribution in [0.3, 0.4) is 0 Å². The zero-order valence-electron chi connectivity index (χ0n) is 11.1. The van der Waals surface area contributed by atoms with Gasteiger partial charge in [-0.1, -0.05) is 29.8 Å². The van der Waals surface area contributed by atoms with E-state index < -0.39 is 5.97 Å². The number of carboxylic acids is 1. The van der Waals surface area contributed by atoms with Crippen molar-refractivity contribution in [2.24, 2.45) is 0 Å². The first-order valence-corrected chi connectivity index (χ1v) is 6.21. The highest BCUT2D eigenvalue weighted by atomic mass is 16.4. The number of benzene rings is 2. The standard InChI is InChI=1S/C16H15NO3/c1-11-3-2-4-13(9-11)16(20)17-14-7-5-12(6-8-14)10-15(18)19/h2-9H,10H2,1H3,(H,17,20)(H,18,19)/p-1. The third kappa shape index (κ3) is 3.68. The Labute approximate surface area is 117 Å². The quantitative estimate of drug-likeness (QED) is 0.914. The molecular weight excluding hydrogens is 254 g/mol. The van der Waals surface area contributed by atoms with Gasteiger partial charge in [0.25, 0.3) is 5.91 Å². The summed E-state index contributed by atoms with van der Waals surface area (Å²) in [7, 11) is 0. The molecule has 1 N–H and O–H groups in total. The molecular formula is C16H14NO3-. The third-order valence-electron chi connectivity index (χ3n) is 2.84. The molecule has 4 nitrogen and oxygen atoms in total. The fraction of sp³-hybridized carbons (Fsp3) is 0.125. The van der Waals surface area contributed by atoms with Crippen LogP contribution >= 0.6 is 0 Å². The summed E-state index contributed by atoms with van der Waals surface area (Å²) >= 11 is 0. The van der Waals surface area contributed by atoms with E-state index in [1.807, 2.05) is 19.1 Å². The Morgan fingerprint density at radius 2 is 1.80 bits per heavy atom. The molecule has 4 heteroatoms. The smallest absolute Gasteiger partial charge is 0.255 e. The highest BCUT2D eigenvalue weighted by Crippen LogP contribution is 2.12. The molecule has 2 rings (SSSR count). The molecule has 0 aliphatic carbocycles. The first-order chi connectivity index (χ1) is 9.54. The normalized spacial score (nSPS) is 10.1. The van der Waals surface area contributed by atoms with Crippen LogP contribution in [-0.2, 0) is 11.2 Å². The van der Waals surface area contributed by atoms with E-state index >= 15 is 0 Å². The van der Waals surface area contributed by atoms with Gasteiger partial charge in [0.15, 0.2) is 0 Å². The Morgan fingerprint density at radius 3 is 2.40 bits per heavy atom. The molecule has 0 aliphatic rings. The molecule has 0 aliphatic heterocycles. The third-order valence-corrected chi connectivity index (χ3v) is 2.84. The minimum absolute atomic E-state index is 0.133. The van der Waals surface area contributed by atoms with E-state index in [1.165, 1.54) is 0 Å². The number of amides is 1. The van der Waals surface area contributed by atoms with Crippen LogP contribution in [0.4, 0.5) is 5.69 Å². The number of carboxylic acid groups (broad SMARTS) is 1. The topological polar surface area (TPSA) is 69.2 Å². The monoisotopic (exact) mass is 268 g/mol. The summed E-state index contributed by atoms with van der Waals surface area (Å²) < 4.78 is 0. The lowest BCUT2D eigenvalue weighted by atomic mass is 10.1. The Morgan fingerprint density at radius 1 is 1.10 bits per heavy atom. The van der Waals surface area contributed by atoms with E-state index in [4.69, 9.17) is 0 Å². The minimum atomic E-state index is -1.12. The van der Waals surface area contributed by atoms with Gasteiger partial charge in [-0.2, -0.15) is 0 Å². The van der Waals surface area contributed by atoms with E-state index in [2.05, 4.69) is 5.32 Å². The molecule has 102 valence electrons. The number of carbonyl (C=O) groups is 2. The van der Waals surface area contributed by atoms with Crippen LogP contribution in [0, 0.1) is 6.92 Å². The van der Waals surface area contributed by atoms with Crippen molar-refractivity contribution in [1.29, 1.82) is 0 Å².